The maximum absolute atomic E-state index is 13.3. The normalized spacial score (nSPS) is 16.7. The molecule has 1 aliphatic rings. The van der Waals surface area contributed by atoms with Crippen LogP contribution in [0.5, 0.6) is 0 Å². The van der Waals surface area contributed by atoms with E-state index < -0.39 is 5.91 Å². The van der Waals surface area contributed by atoms with Gasteiger partial charge in [0.2, 0.25) is 5.91 Å². The molecule has 2 heterocycles. The standard InChI is InChI=1S/C20H22FN3O3/c1-12-7-13(2)23(3)20(27)18(12)19(26)22-16-9-17(25)24(11-16)10-14-5-4-6-15(21)8-14/h4-8,16H,9-11H2,1-3H3,(H,22,26)/t16-/m0/s1. The highest BCUT2D eigenvalue weighted by Crippen LogP contribution is 2.16. The highest BCUT2D eigenvalue weighted by Gasteiger charge is 2.31. The summed E-state index contributed by atoms with van der Waals surface area (Å²) in [7, 11) is 1.62. The zero-order valence-corrected chi connectivity index (χ0v) is 15.6. The van der Waals surface area contributed by atoms with Gasteiger partial charge in [0.25, 0.3) is 11.5 Å². The fourth-order valence-electron chi connectivity index (χ4n) is 3.39. The molecule has 1 N–H and O–H groups in total. The van der Waals surface area contributed by atoms with Gasteiger partial charge in [-0.25, -0.2) is 4.39 Å². The molecule has 1 atom stereocenters. The van der Waals surface area contributed by atoms with E-state index in [1.165, 1.54) is 16.7 Å². The summed E-state index contributed by atoms with van der Waals surface area (Å²) in [5.41, 5.74) is 1.81. The van der Waals surface area contributed by atoms with E-state index in [1.54, 1.807) is 44.0 Å². The minimum atomic E-state index is -0.474. The number of nitrogens with zero attached hydrogens (tertiary/aromatic N) is 2. The number of pyridine rings is 1. The lowest BCUT2D eigenvalue weighted by molar-refractivity contribution is -0.128. The van der Waals surface area contributed by atoms with Crippen LogP contribution < -0.4 is 10.9 Å². The van der Waals surface area contributed by atoms with Gasteiger partial charge in [-0.05, 0) is 43.2 Å². The Balaban J connectivity index is 1.71. The first-order valence-corrected chi connectivity index (χ1v) is 8.76. The number of aromatic nitrogens is 1. The van der Waals surface area contributed by atoms with Gasteiger partial charge in [0, 0.05) is 32.3 Å². The molecule has 1 fully saturated rings. The number of likely N-dealkylation sites (tertiary alicyclic amines) is 1. The maximum atomic E-state index is 13.3. The summed E-state index contributed by atoms with van der Waals surface area (Å²) in [5.74, 6) is -0.939. The molecule has 1 aliphatic heterocycles. The van der Waals surface area contributed by atoms with E-state index in [-0.39, 0.29) is 41.9 Å². The molecule has 27 heavy (non-hydrogen) atoms. The van der Waals surface area contributed by atoms with Crippen LogP contribution in [0, 0.1) is 19.7 Å². The van der Waals surface area contributed by atoms with Crippen molar-refractivity contribution in [2.75, 3.05) is 6.54 Å². The van der Waals surface area contributed by atoms with Crippen molar-refractivity contribution in [2.24, 2.45) is 7.05 Å². The van der Waals surface area contributed by atoms with Crippen molar-refractivity contribution in [3.8, 4) is 0 Å². The van der Waals surface area contributed by atoms with E-state index in [2.05, 4.69) is 5.32 Å². The molecule has 0 radical (unpaired) electrons. The molecule has 0 spiro atoms. The Hall–Kier alpha value is -2.96. The Morgan fingerprint density at radius 1 is 1.26 bits per heavy atom. The molecular formula is C20H22FN3O3. The monoisotopic (exact) mass is 371 g/mol. The minimum Gasteiger partial charge on any atom is -0.347 e. The second-order valence-electron chi connectivity index (χ2n) is 6.99. The summed E-state index contributed by atoms with van der Waals surface area (Å²) in [6.45, 7) is 4.13. The number of carbonyl (C=O) groups excluding carboxylic acids is 2. The van der Waals surface area contributed by atoms with Crippen LogP contribution in [0.4, 0.5) is 4.39 Å². The molecule has 6 nitrogen and oxygen atoms in total. The predicted octanol–water partition coefficient (Wildman–Crippen LogP) is 1.67. The zero-order valence-electron chi connectivity index (χ0n) is 15.6. The Morgan fingerprint density at radius 3 is 2.70 bits per heavy atom. The lowest BCUT2D eigenvalue weighted by atomic mass is 10.1. The van der Waals surface area contributed by atoms with Gasteiger partial charge in [-0.15, -0.1) is 0 Å². The number of halogens is 1. The maximum Gasteiger partial charge on any atom is 0.263 e. The molecule has 2 amide bonds. The van der Waals surface area contributed by atoms with E-state index >= 15 is 0 Å². The SMILES string of the molecule is Cc1cc(C)n(C)c(=O)c1C(=O)N[C@H]1CC(=O)N(Cc2cccc(F)c2)C1. The van der Waals surface area contributed by atoms with Gasteiger partial charge in [-0.2, -0.15) is 0 Å². The molecule has 0 aliphatic carbocycles. The van der Waals surface area contributed by atoms with Crippen molar-refractivity contribution >= 4 is 11.8 Å². The molecule has 1 aromatic carbocycles. The number of hydrogen-bond acceptors (Lipinski definition) is 3. The van der Waals surface area contributed by atoms with E-state index in [1.807, 2.05) is 0 Å². The quantitative estimate of drug-likeness (QED) is 0.889. The molecule has 1 saturated heterocycles. The van der Waals surface area contributed by atoms with Crippen molar-refractivity contribution in [3.05, 3.63) is 68.9 Å². The Bertz CT molecular complexity index is 967. The van der Waals surface area contributed by atoms with E-state index in [0.717, 1.165) is 5.69 Å². The molecule has 0 bridgehead atoms. The second kappa shape index (κ2) is 7.34. The molecular weight excluding hydrogens is 349 g/mol. The van der Waals surface area contributed by atoms with Crippen LogP contribution in [0.25, 0.3) is 0 Å². The predicted molar refractivity (Wildman–Crippen MR) is 98.8 cm³/mol. The number of carbonyl (C=O) groups is 2. The molecule has 0 unspecified atom stereocenters. The van der Waals surface area contributed by atoms with E-state index in [9.17, 15) is 18.8 Å². The second-order valence-corrected chi connectivity index (χ2v) is 6.99. The van der Waals surface area contributed by atoms with Crippen LogP contribution in [0.3, 0.4) is 0 Å². The van der Waals surface area contributed by atoms with Crippen LogP contribution >= 0.6 is 0 Å². The zero-order chi connectivity index (χ0) is 19.7. The first-order valence-electron chi connectivity index (χ1n) is 8.76. The molecule has 3 rings (SSSR count). The lowest BCUT2D eigenvalue weighted by Crippen LogP contribution is -2.41. The first-order chi connectivity index (χ1) is 12.8. The van der Waals surface area contributed by atoms with Gasteiger partial charge in [0.15, 0.2) is 0 Å². The molecule has 2 aromatic rings. The van der Waals surface area contributed by atoms with E-state index in [0.29, 0.717) is 17.7 Å². The Kier molecular flexibility index (Phi) is 5.12. The minimum absolute atomic E-state index is 0.0964. The molecule has 0 saturated carbocycles. The summed E-state index contributed by atoms with van der Waals surface area (Å²) in [6.07, 6.45) is 0.159. The molecule has 1 aromatic heterocycles. The summed E-state index contributed by atoms with van der Waals surface area (Å²) >= 11 is 0. The third-order valence-electron chi connectivity index (χ3n) is 4.91. The highest BCUT2D eigenvalue weighted by molar-refractivity contribution is 5.96. The van der Waals surface area contributed by atoms with Gasteiger partial charge in [-0.1, -0.05) is 12.1 Å². The van der Waals surface area contributed by atoms with Crippen LogP contribution in [0.15, 0.2) is 35.1 Å². The van der Waals surface area contributed by atoms with Crippen molar-refractivity contribution < 1.29 is 14.0 Å². The van der Waals surface area contributed by atoms with E-state index in [4.69, 9.17) is 0 Å². The van der Waals surface area contributed by atoms with Crippen LogP contribution in [0.1, 0.15) is 33.6 Å². The third kappa shape index (κ3) is 3.92. The van der Waals surface area contributed by atoms with Crippen LogP contribution in [-0.2, 0) is 18.4 Å². The Morgan fingerprint density at radius 2 is 2.00 bits per heavy atom. The Labute approximate surface area is 156 Å². The molecule has 142 valence electrons. The van der Waals surface area contributed by atoms with Crippen molar-refractivity contribution in [3.63, 3.8) is 0 Å². The largest absolute Gasteiger partial charge is 0.347 e. The van der Waals surface area contributed by atoms with Crippen LogP contribution in [0.2, 0.25) is 0 Å². The van der Waals surface area contributed by atoms with Gasteiger partial charge >= 0.3 is 0 Å². The van der Waals surface area contributed by atoms with Crippen molar-refractivity contribution in [1.29, 1.82) is 0 Å². The average Bonchev–Trinajstić information content (AvgIpc) is 2.92. The van der Waals surface area contributed by atoms with Crippen molar-refractivity contribution in [2.45, 2.75) is 32.9 Å². The summed E-state index contributed by atoms with van der Waals surface area (Å²) < 4.78 is 14.7. The van der Waals surface area contributed by atoms with Gasteiger partial charge < -0.3 is 14.8 Å². The first kappa shape index (κ1) is 18.8. The van der Waals surface area contributed by atoms with Gasteiger partial charge in [0.1, 0.15) is 11.4 Å². The number of amides is 2. The fraction of sp³-hybridized carbons (Fsp3) is 0.350. The molecule has 7 heteroatoms. The number of benzene rings is 1. The number of hydrogen-bond donors (Lipinski definition) is 1. The number of rotatable bonds is 4. The fourth-order valence-corrected chi connectivity index (χ4v) is 3.39. The smallest absolute Gasteiger partial charge is 0.263 e. The van der Waals surface area contributed by atoms with Crippen molar-refractivity contribution in [1.82, 2.24) is 14.8 Å². The summed E-state index contributed by atoms with van der Waals surface area (Å²) in [5, 5.41) is 2.79. The number of aryl methyl sites for hydroxylation is 2. The van der Waals surface area contributed by atoms with Gasteiger partial charge in [0.05, 0.1) is 6.04 Å². The summed E-state index contributed by atoms with van der Waals surface area (Å²) in [4.78, 5) is 38.9. The third-order valence-corrected chi connectivity index (χ3v) is 4.91. The summed E-state index contributed by atoms with van der Waals surface area (Å²) in [6, 6.07) is 7.49. The topological polar surface area (TPSA) is 71.4 Å². The lowest BCUT2D eigenvalue weighted by Gasteiger charge is -2.18. The number of nitrogens with one attached hydrogen (secondary N) is 1. The van der Waals surface area contributed by atoms with Crippen LogP contribution in [-0.4, -0.2) is 33.9 Å². The van der Waals surface area contributed by atoms with Gasteiger partial charge in [-0.3, -0.25) is 14.4 Å². The average molecular weight is 371 g/mol. The highest BCUT2D eigenvalue weighted by atomic mass is 19.1.